The predicted octanol–water partition coefficient (Wildman–Crippen LogP) is 6.32. The number of hydrogen-bond donors (Lipinski definition) is 2. The molecule has 1 aromatic heterocycles. The number of carbonyl (C=O) groups is 1. The van der Waals surface area contributed by atoms with Crippen molar-refractivity contribution in [1.29, 1.82) is 0 Å². The van der Waals surface area contributed by atoms with E-state index in [2.05, 4.69) is 26.8 Å². The number of allylic oxidation sites excluding steroid dienone is 1. The summed E-state index contributed by atoms with van der Waals surface area (Å²) in [4.78, 5) is 17.1. The molecule has 0 aliphatic carbocycles. The monoisotopic (exact) mass is 497 g/mol. The Bertz CT molecular complexity index is 1300. The summed E-state index contributed by atoms with van der Waals surface area (Å²) in [5.74, 6) is 0.420. The van der Waals surface area contributed by atoms with Gasteiger partial charge >= 0.3 is 0 Å². The molecule has 1 atom stereocenters. The first-order valence-electron chi connectivity index (χ1n) is 9.90. The molecule has 0 spiro atoms. The fraction of sp³-hybridized carbons (Fsp3) is 0.0417. The van der Waals surface area contributed by atoms with Crippen molar-refractivity contribution in [3.8, 4) is 0 Å². The van der Waals surface area contributed by atoms with E-state index < -0.39 is 0 Å². The van der Waals surface area contributed by atoms with Crippen LogP contribution >= 0.6 is 35.6 Å². The van der Waals surface area contributed by atoms with Crippen molar-refractivity contribution < 1.29 is 4.79 Å². The Kier molecular flexibility index (Phi) is 6.70. The van der Waals surface area contributed by atoms with Gasteiger partial charge < -0.3 is 5.32 Å². The highest BCUT2D eigenvalue weighted by Gasteiger charge is 2.26. The zero-order valence-electron chi connectivity index (χ0n) is 17.1. The van der Waals surface area contributed by atoms with Crippen molar-refractivity contribution >= 4 is 59.1 Å². The Balaban J connectivity index is 0.00000259. The van der Waals surface area contributed by atoms with E-state index in [9.17, 15) is 4.79 Å². The van der Waals surface area contributed by atoms with E-state index in [1.807, 2.05) is 54.6 Å². The first kappa shape index (κ1) is 22.9. The molecule has 2 N–H and O–H groups in total. The molecule has 6 nitrogen and oxygen atoms in total. The van der Waals surface area contributed by atoms with Gasteiger partial charge in [0.25, 0.3) is 11.9 Å². The van der Waals surface area contributed by atoms with Crippen LogP contribution < -0.4 is 10.6 Å². The molecule has 0 fully saturated rings. The average Bonchev–Trinajstić information content (AvgIpc) is 3.22. The van der Waals surface area contributed by atoms with Gasteiger partial charge in [-0.05, 0) is 53.6 Å². The van der Waals surface area contributed by atoms with E-state index >= 15 is 0 Å². The van der Waals surface area contributed by atoms with E-state index in [-0.39, 0.29) is 30.3 Å². The molecule has 9 heteroatoms. The van der Waals surface area contributed by atoms with Crippen molar-refractivity contribution in [2.45, 2.75) is 6.04 Å². The number of hydrogen-bond acceptors (Lipinski definition) is 4. The molecule has 4 aromatic rings. The highest BCUT2D eigenvalue weighted by Crippen LogP contribution is 2.33. The molecule has 1 amide bonds. The summed E-state index contributed by atoms with van der Waals surface area (Å²) in [7, 11) is 0. The average molecular weight is 499 g/mol. The van der Waals surface area contributed by atoms with Gasteiger partial charge in [0.05, 0.1) is 0 Å². The minimum atomic E-state index is -0.313. The van der Waals surface area contributed by atoms with E-state index in [1.165, 1.54) is 0 Å². The molecular formula is C24H18Cl3N5O. The van der Waals surface area contributed by atoms with E-state index in [0.29, 0.717) is 21.6 Å². The molecule has 1 aliphatic rings. The maximum atomic E-state index is 12.6. The van der Waals surface area contributed by atoms with Gasteiger partial charge in [0.15, 0.2) is 0 Å². The second-order valence-corrected chi connectivity index (χ2v) is 8.11. The van der Waals surface area contributed by atoms with Crippen molar-refractivity contribution in [2.75, 3.05) is 10.6 Å². The molecule has 33 heavy (non-hydrogen) atoms. The number of benzene rings is 3. The number of halogens is 3. The van der Waals surface area contributed by atoms with Gasteiger partial charge in [-0.3, -0.25) is 10.1 Å². The zero-order chi connectivity index (χ0) is 22.1. The first-order chi connectivity index (χ1) is 15.6. The van der Waals surface area contributed by atoms with Gasteiger partial charge in [0, 0.05) is 21.3 Å². The normalized spacial score (nSPS) is 14.4. The van der Waals surface area contributed by atoms with Crippen LogP contribution in [0.5, 0.6) is 0 Å². The van der Waals surface area contributed by atoms with Crippen LogP contribution in [0.15, 0.2) is 84.9 Å². The molecule has 1 aliphatic heterocycles. The van der Waals surface area contributed by atoms with Gasteiger partial charge in [0.1, 0.15) is 6.04 Å². The number of rotatable bonds is 4. The standard InChI is InChI=1S/C24H17Cl2N5O.ClH/c25-18-10-6-15(7-11-18)20-14-21(16-4-2-1-3-5-16)31-24(27-20)29-23(30-31)28-22(32)17-8-12-19(26)13-9-17;/h1-14,21H,(H2,27,28,29,30,32);1H. The number of nitrogens with zero attached hydrogens (tertiary/aromatic N) is 3. The Labute approximate surface area is 206 Å². The molecule has 2 heterocycles. The quantitative estimate of drug-likeness (QED) is 0.346. The Morgan fingerprint density at radius 2 is 1.55 bits per heavy atom. The lowest BCUT2D eigenvalue weighted by molar-refractivity contribution is 0.102. The summed E-state index contributed by atoms with van der Waals surface area (Å²) in [6.45, 7) is 0. The van der Waals surface area contributed by atoms with Crippen molar-refractivity contribution in [2.24, 2.45) is 0 Å². The number of nitrogens with one attached hydrogen (secondary N) is 2. The summed E-state index contributed by atoms with van der Waals surface area (Å²) in [6.07, 6.45) is 2.07. The second-order valence-electron chi connectivity index (χ2n) is 7.23. The molecule has 1 unspecified atom stereocenters. The highest BCUT2D eigenvalue weighted by molar-refractivity contribution is 6.31. The number of aromatic nitrogens is 3. The van der Waals surface area contributed by atoms with Crippen LogP contribution in [0.1, 0.15) is 27.5 Å². The molecule has 0 radical (unpaired) electrons. The molecule has 0 bridgehead atoms. The Hall–Kier alpha value is -3.32. The van der Waals surface area contributed by atoms with E-state index in [4.69, 9.17) is 23.2 Å². The third-order valence-corrected chi connectivity index (χ3v) is 5.60. The molecule has 0 saturated heterocycles. The van der Waals surface area contributed by atoms with Crippen LogP contribution in [0, 0.1) is 0 Å². The maximum Gasteiger partial charge on any atom is 0.258 e. The third kappa shape index (κ3) is 4.88. The largest absolute Gasteiger partial charge is 0.324 e. The first-order valence-corrected chi connectivity index (χ1v) is 10.7. The van der Waals surface area contributed by atoms with Crippen LogP contribution in [-0.2, 0) is 0 Å². The van der Waals surface area contributed by atoms with Crippen molar-refractivity contribution in [1.82, 2.24) is 14.8 Å². The van der Waals surface area contributed by atoms with Crippen LogP contribution in [0.3, 0.4) is 0 Å². The van der Waals surface area contributed by atoms with Crippen LogP contribution in [0.25, 0.3) is 5.70 Å². The lowest BCUT2D eigenvalue weighted by atomic mass is 10.0. The molecule has 166 valence electrons. The van der Waals surface area contributed by atoms with Crippen LogP contribution in [-0.4, -0.2) is 20.7 Å². The third-order valence-electron chi connectivity index (χ3n) is 5.09. The number of carbonyl (C=O) groups excluding carboxylic acids is 1. The lowest BCUT2D eigenvalue weighted by Crippen LogP contribution is -2.20. The molecule has 5 rings (SSSR count). The fourth-order valence-electron chi connectivity index (χ4n) is 3.51. The Morgan fingerprint density at radius 1 is 0.909 bits per heavy atom. The summed E-state index contributed by atoms with van der Waals surface area (Å²) in [5, 5.41) is 11.9. The van der Waals surface area contributed by atoms with Gasteiger partial charge in [-0.15, -0.1) is 17.5 Å². The van der Waals surface area contributed by atoms with Crippen molar-refractivity contribution in [3.05, 3.63) is 112 Å². The summed E-state index contributed by atoms with van der Waals surface area (Å²) in [6, 6.07) is 24.0. The summed E-state index contributed by atoms with van der Waals surface area (Å²) < 4.78 is 1.76. The van der Waals surface area contributed by atoms with E-state index in [0.717, 1.165) is 16.8 Å². The molecule has 3 aromatic carbocycles. The number of fused-ring (bicyclic) bond motifs is 1. The van der Waals surface area contributed by atoms with Gasteiger partial charge in [-0.1, -0.05) is 65.7 Å². The minimum Gasteiger partial charge on any atom is -0.324 e. The summed E-state index contributed by atoms with van der Waals surface area (Å²) in [5.41, 5.74) is 3.36. The molecule has 0 saturated carbocycles. The predicted molar refractivity (Wildman–Crippen MR) is 134 cm³/mol. The second kappa shape index (κ2) is 9.67. The fourth-order valence-corrected chi connectivity index (χ4v) is 3.76. The Morgan fingerprint density at radius 3 is 2.21 bits per heavy atom. The van der Waals surface area contributed by atoms with Crippen LogP contribution in [0.4, 0.5) is 11.9 Å². The van der Waals surface area contributed by atoms with Crippen molar-refractivity contribution in [3.63, 3.8) is 0 Å². The zero-order valence-corrected chi connectivity index (χ0v) is 19.4. The number of anilines is 2. The van der Waals surface area contributed by atoms with Gasteiger partial charge in [-0.25, -0.2) is 4.68 Å². The minimum absolute atomic E-state index is 0. The topological polar surface area (TPSA) is 71.8 Å². The van der Waals surface area contributed by atoms with Gasteiger partial charge in [0.2, 0.25) is 5.95 Å². The SMILES string of the molecule is Cl.O=C(Nc1nc2n(n1)C(c1ccccc1)C=C(c1ccc(Cl)cc1)N2)c1ccc(Cl)cc1. The molecular weight excluding hydrogens is 481 g/mol. The van der Waals surface area contributed by atoms with E-state index in [1.54, 1.807) is 28.9 Å². The lowest BCUT2D eigenvalue weighted by Gasteiger charge is -2.24. The number of amides is 1. The summed E-state index contributed by atoms with van der Waals surface area (Å²) >= 11 is 12.0. The highest BCUT2D eigenvalue weighted by atomic mass is 35.5. The van der Waals surface area contributed by atoms with Gasteiger partial charge in [-0.2, -0.15) is 4.98 Å². The van der Waals surface area contributed by atoms with Crippen LogP contribution in [0.2, 0.25) is 10.0 Å². The maximum absolute atomic E-state index is 12.6. The smallest absolute Gasteiger partial charge is 0.258 e.